The molecule has 1 heterocycles. The van der Waals surface area contributed by atoms with E-state index in [2.05, 4.69) is 39.3 Å². The van der Waals surface area contributed by atoms with E-state index in [-0.39, 0.29) is 11.3 Å². The molecule has 0 saturated carbocycles. The topological polar surface area (TPSA) is 48.0 Å². The fraction of sp³-hybridized carbons (Fsp3) is 0.643. The van der Waals surface area contributed by atoms with Crippen LogP contribution in [-0.4, -0.2) is 10.5 Å². The monoisotopic (exact) mass is 234 g/mol. The zero-order valence-electron chi connectivity index (χ0n) is 11.6. The van der Waals surface area contributed by atoms with E-state index < -0.39 is 5.41 Å². The predicted octanol–water partition coefficient (Wildman–Crippen LogP) is 2.07. The molecule has 0 fully saturated rings. The molecule has 0 bridgehead atoms. The number of rotatable bonds is 1. The molecule has 0 unspecified atom stereocenters. The molecular weight excluding hydrogens is 212 g/mol. The Hall–Kier alpha value is -1.25. The highest BCUT2D eigenvalue weighted by molar-refractivity contribution is 5.89. The average Bonchev–Trinajstić information content (AvgIpc) is 2.55. The number of amides is 1. The maximum Gasteiger partial charge on any atom is 0.227 e. The van der Waals surface area contributed by atoms with Gasteiger partial charge in [0, 0.05) is 18.4 Å². The molecule has 1 atom stereocenters. The van der Waals surface area contributed by atoms with Gasteiger partial charge in [-0.2, -0.15) is 0 Å². The lowest BCUT2D eigenvalue weighted by Gasteiger charge is -2.26. The van der Waals surface area contributed by atoms with Crippen LogP contribution in [0.1, 0.15) is 49.7 Å². The summed E-state index contributed by atoms with van der Waals surface area (Å²) < 4.78 is 2.17. The third-order valence-electron chi connectivity index (χ3n) is 4.55. The van der Waals surface area contributed by atoms with Crippen LogP contribution in [0.25, 0.3) is 0 Å². The van der Waals surface area contributed by atoms with E-state index in [1.807, 2.05) is 6.92 Å². The Morgan fingerprint density at radius 1 is 1.18 bits per heavy atom. The molecule has 1 aromatic rings. The lowest BCUT2D eigenvalue weighted by Crippen LogP contribution is -2.38. The van der Waals surface area contributed by atoms with Gasteiger partial charge in [-0.15, -0.1) is 0 Å². The molecule has 1 aliphatic rings. The van der Waals surface area contributed by atoms with Crippen LogP contribution in [0.4, 0.5) is 0 Å². The van der Waals surface area contributed by atoms with Crippen molar-refractivity contribution >= 4 is 5.91 Å². The van der Waals surface area contributed by atoms with Crippen molar-refractivity contribution in [1.29, 1.82) is 0 Å². The summed E-state index contributed by atoms with van der Waals surface area (Å²) >= 11 is 0. The summed E-state index contributed by atoms with van der Waals surface area (Å²) in [6, 6.07) is 0. The number of carbonyl (C=O) groups excluding carboxylic acids is 1. The van der Waals surface area contributed by atoms with Gasteiger partial charge in [-0.05, 0) is 43.7 Å². The van der Waals surface area contributed by atoms with E-state index in [0.29, 0.717) is 0 Å². The van der Waals surface area contributed by atoms with Crippen LogP contribution in [0.2, 0.25) is 0 Å². The minimum atomic E-state index is -0.519. The number of aromatic nitrogens is 1. The van der Waals surface area contributed by atoms with Gasteiger partial charge in [0.1, 0.15) is 0 Å². The van der Waals surface area contributed by atoms with E-state index >= 15 is 0 Å². The van der Waals surface area contributed by atoms with Gasteiger partial charge in [0.25, 0.3) is 0 Å². The highest BCUT2D eigenvalue weighted by atomic mass is 16.1. The smallest absolute Gasteiger partial charge is 0.227 e. The number of hydrogen-bond donors (Lipinski definition) is 1. The predicted molar refractivity (Wildman–Crippen MR) is 69.1 cm³/mol. The molecule has 1 amide bonds. The molecule has 3 heteroatoms. The number of fused-ring (bicyclic) bond motifs is 1. The summed E-state index contributed by atoms with van der Waals surface area (Å²) in [5.41, 5.74) is 10.1. The van der Waals surface area contributed by atoms with Crippen molar-refractivity contribution in [3.63, 3.8) is 0 Å². The molecule has 1 aromatic heterocycles. The number of nitrogens with two attached hydrogens (primary N) is 1. The van der Waals surface area contributed by atoms with Gasteiger partial charge >= 0.3 is 0 Å². The highest BCUT2D eigenvalue weighted by Crippen LogP contribution is 2.52. The summed E-state index contributed by atoms with van der Waals surface area (Å²) in [5.74, 6) is -0.210. The van der Waals surface area contributed by atoms with Crippen LogP contribution >= 0.6 is 0 Å². The first kappa shape index (κ1) is 12.2. The Morgan fingerprint density at radius 3 is 2.12 bits per heavy atom. The van der Waals surface area contributed by atoms with Crippen molar-refractivity contribution in [2.45, 2.75) is 51.9 Å². The zero-order valence-corrected chi connectivity index (χ0v) is 11.6. The van der Waals surface area contributed by atoms with E-state index in [1.54, 1.807) is 0 Å². The van der Waals surface area contributed by atoms with Crippen LogP contribution in [-0.2, 0) is 22.7 Å². The van der Waals surface area contributed by atoms with Crippen LogP contribution < -0.4 is 5.73 Å². The van der Waals surface area contributed by atoms with E-state index in [4.69, 9.17) is 5.73 Å². The highest BCUT2D eigenvalue weighted by Gasteiger charge is 2.51. The average molecular weight is 234 g/mol. The molecule has 0 radical (unpaired) electrons. The van der Waals surface area contributed by atoms with Gasteiger partial charge < -0.3 is 10.3 Å². The van der Waals surface area contributed by atoms with Gasteiger partial charge in [-0.1, -0.05) is 13.8 Å². The molecule has 0 spiro atoms. The molecule has 2 N–H and O–H groups in total. The molecule has 17 heavy (non-hydrogen) atoms. The fourth-order valence-corrected chi connectivity index (χ4v) is 3.72. The quantitative estimate of drug-likeness (QED) is 0.794. The van der Waals surface area contributed by atoms with E-state index in [9.17, 15) is 4.79 Å². The number of primary amides is 1. The second-order valence-electron chi connectivity index (χ2n) is 6.24. The van der Waals surface area contributed by atoms with E-state index in [1.165, 1.54) is 17.0 Å². The Labute approximate surface area is 103 Å². The zero-order chi connectivity index (χ0) is 13.2. The normalized spacial score (nSPS) is 26.0. The SMILES string of the molecule is Cc1c2c(c(C)n1C)[C@](C)(C(N)=O)CC2(C)C. The van der Waals surface area contributed by atoms with Gasteiger partial charge in [-0.3, -0.25) is 4.79 Å². The molecule has 3 nitrogen and oxygen atoms in total. The maximum atomic E-state index is 11.9. The van der Waals surface area contributed by atoms with Crippen LogP contribution in [0.15, 0.2) is 0 Å². The Morgan fingerprint density at radius 2 is 1.65 bits per heavy atom. The first-order valence-corrected chi connectivity index (χ1v) is 6.09. The third kappa shape index (κ3) is 1.31. The second kappa shape index (κ2) is 3.15. The number of carbonyl (C=O) groups is 1. The molecule has 0 aromatic carbocycles. The summed E-state index contributed by atoms with van der Waals surface area (Å²) in [7, 11) is 2.06. The van der Waals surface area contributed by atoms with Crippen molar-refractivity contribution in [2.24, 2.45) is 12.8 Å². The molecule has 1 aliphatic carbocycles. The largest absolute Gasteiger partial charge is 0.369 e. The van der Waals surface area contributed by atoms with Crippen molar-refractivity contribution in [2.75, 3.05) is 0 Å². The third-order valence-corrected chi connectivity index (χ3v) is 4.55. The Balaban J connectivity index is 2.83. The number of hydrogen-bond acceptors (Lipinski definition) is 1. The fourth-order valence-electron chi connectivity index (χ4n) is 3.72. The van der Waals surface area contributed by atoms with Crippen LogP contribution in [0.5, 0.6) is 0 Å². The van der Waals surface area contributed by atoms with Crippen molar-refractivity contribution in [3.05, 3.63) is 22.5 Å². The second-order valence-corrected chi connectivity index (χ2v) is 6.24. The first-order chi connectivity index (χ1) is 7.63. The van der Waals surface area contributed by atoms with Gasteiger partial charge in [0.15, 0.2) is 0 Å². The Bertz CT molecular complexity index is 511. The lowest BCUT2D eigenvalue weighted by atomic mass is 9.79. The molecule has 0 aliphatic heterocycles. The van der Waals surface area contributed by atoms with Crippen molar-refractivity contribution in [1.82, 2.24) is 4.57 Å². The minimum Gasteiger partial charge on any atom is -0.369 e. The van der Waals surface area contributed by atoms with Crippen LogP contribution in [0.3, 0.4) is 0 Å². The summed E-state index contributed by atoms with van der Waals surface area (Å²) in [5, 5.41) is 0. The van der Waals surface area contributed by atoms with Crippen molar-refractivity contribution < 1.29 is 4.79 Å². The minimum absolute atomic E-state index is 0.0230. The van der Waals surface area contributed by atoms with Crippen molar-refractivity contribution in [3.8, 4) is 0 Å². The number of nitrogens with zero attached hydrogens (tertiary/aromatic N) is 1. The summed E-state index contributed by atoms with van der Waals surface area (Å²) in [4.78, 5) is 11.9. The summed E-state index contributed by atoms with van der Waals surface area (Å²) in [6.45, 7) is 10.6. The standard InChI is InChI=1S/C14H22N2O/c1-8-10-11(9(2)16(8)6)14(5,12(15)17)7-13(10,3)4/h7H2,1-6H3,(H2,15,17)/t14-/m1/s1. The molecule has 94 valence electrons. The van der Waals surface area contributed by atoms with Crippen LogP contribution in [0, 0.1) is 13.8 Å². The lowest BCUT2D eigenvalue weighted by molar-refractivity contribution is -0.123. The molecule has 0 saturated heterocycles. The first-order valence-electron chi connectivity index (χ1n) is 6.09. The maximum absolute atomic E-state index is 11.9. The molecule has 2 rings (SSSR count). The van der Waals surface area contributed by atoms with Gasteiger partial charge in [-0.25, -0.2) is 0 Å². The molecular formula is C14H22N2O. The Kier molecular flexibility index (Phi) is 2.26. The van der Waals surface area contributed by atoms with Gasteiger partial charge in [0.05, 0.1) is 5.41 Å². The van der Waals surface area contributed by atoms with E-state index in [0.717, 1.165) is 12.0 Å². The van der Waals surface area contributed by atoms with Gasteiger partial charge in [0.2, 0.25) is 5.91 Å². The summed E-state index contributed by atoms with van der Waals surface area (Å²) in [6.07, 6.45) is 0.808.